The van der Waals surface area contributed by atoms with E-state index in [-0.39, 0.29) is 17.6 Å². The van der Waals surface area contributed by atoms with E-state index in [1.165, 1.54) is 26.4 Å². The Kier molecular flexibility index (Phi) is 4.27. The minimum absolute atomic E-state index is 0.0810. The minimum Gasteiger partial charge on any atom is -0.493 e. The van der Waals surface area contributed by atoms with Gasteiger partial charge in [-0.1, -0.05) is 0 Å². The summed E-state index contributed by atoms with van der Waals surface area (Å²) in [5.74, 6) is 0.119. The quantitative estimate of drug-likeness (QED) is 0.912. The van der Waals surface area contributed by atoms with Gasteiger partial charge < -0.3 is 19.3 Å². The van der Waals surface area contributed by atoms with Gasteiger partial charge in [0.05, 0.1) is 26.4 Å². The first-order valence-electron chi connectivity index (χ1n) is 6.29. The fourth-order valence-corrected chi connectivity index (χ4v) is 2.49. The molecule has 1 N–H and O–H groups in total. The minimum atomic E-state index is -0.905. The number of halogens is 1. The van der Waals surface area contributed by atoms with Crippen LogP contribution < -0.4 is 9.47 Å². The Labute approximate surface area is 112 Å². The number of methoxy groups -OCH3 is 2. The highest BCUT2D eigenvalue weighted by molar-refractivity contribution is 5.44. The molecule has 4 nitrogen and oxygen atoms in total. The largest absolute Gasteiger partial charge is 0.493 e. The monoisotopic (exact) mass is 270 g/mol. The highest BCUT2D eigenvalue weighted by atomic mass is 19.1. The molecule has 1 heterocycles. The first-order chi connectivity index (χ1) is 9.08. The number of benzene rings is 1. The van der Waals surface area contributed by atoms with Crippen molar-refractivity contribution in [2.45, 2.75) is 25.6 Å². The fourth-order valence-electron chi connectivity index (χ4n) is 2.49. The molecule has 1 saturated heterocycles. The van der Waals surface area contributed by atoms with Crippen LogP contribution in [0.5, 0.6) is 11.5 Å². The van der Waals surface area contributed by atoms with Crippen molar-refractivity contribution in [2.75, 3.05) is 20.8 Å². The van der Waals surface area contributed by atoms with E-state index < -0.39 is 11.9 Å². The van der Waals surface area contributed by atoms with E-state index in [0.29, 0.717) is 18.1 Å². The summed E-state index contributed by atoms with van der Waals surface area (Å²) >= 11 is 0. The van der Waals surface area contributed by atoms with Crippen molar-refractivity contribution >= 4 is 0 Å². The number of hydrogen-bond acceptors (Lipinski definition) is 4. The van der Waals surface area contributed by atoms with Crippen molar-refractivity contribution < 1.29 is 23.7 Å². The van der Waals surface area contributed by atoms with Crippen molar-refractivity contribution in [2.24, 2.45) is 5.92 Å². The van der Waals surface area contributed by atoms with Crippen LogP contribution in [0.4, 0.5) is 4.39 Å². The summed E-state index contributed by atoms with van der Waals surface area (Å²) in [5.41, 5.74) is 0.222. The maximum atomic E-state index is 14.0. The Morgan fingerprint density at radius 2 is 1.95 bits per heavy atom. The number of rotatable bonds is 4. The molecular formula is C14H19FO4. The highest BCUT2D eigenvalue weighted by Crippen LogP contribution is 2.38. The van der Waals surface area contributed by atoms with E-state index in [1.807, 2.05) is 6.92 Å². The van der Waals surface area contributed by atoms with E-state index in [2.05, 4.69) is 0 Å². The average Bonchev–Trinajstić information content (AvgIpc) is 2.83. The molecule has 0 aromatic heterocycles. The molecule has 0 amide bonds. The van der Waals surface area contributed by atoms with Gasteiger partial charge in [0.25, 0.3) is 0 Å². The van der Waals surface area contributed by atoms with E-state index in [0.717, 1.165) is 6.42 Å². The van der Waals surface area contributed by atoms with Crippen LogP contribution in [0.25, 0.3) is 0 Å². The van der Waals surface area contributed by atoms with Crippen LogP contribution in [0.2, 0.25) is 0 Å². The number of hydrogen-bond donors (Lipinski definition) is 1. The van der Waals surface area contributed by atoms with E-state index in [9.17, 15) is 9.50 Å². The summed E-state index contributed by atoms with van der Waals surface area (Å²) in [7, 11) is 2.92. The number of ether oxygens (including phenoxy) is 3. The molecule has 3 atom stereocenters. The van der Waals surface area contributed by atoms with Crippen LogP contribution in [0.3, 0.4) is 0 Å². The maximum absolute atomic E-state index is 14.0. The number of aliphatic hydroxyl groups is 1. The first kappa shape index (κ1) is 14.1. The smallest absolute Gasteiger partial charge is 0.163 e. The summed E-state index contributed by atoms with van der Waals surface area (Å²) in [5, 5.41) is 10.3. The molecular weight excluding hydrogens is 251 g/mol. The van der Waals surface area contributed by atoms with Gasteiger partial charge in [0, 0.05) is 24.2 Å². The standard InChI is InChI=1S/C14H19FO4/c1-8-9(4-5-19-8)14(16)10-6-12(17-2)13(18-3)7-11(10)15/h6-9,14,16H,4-5H2,1-3H3. The Balaban J connectivity index is 2.33. The van der Waals surface area contributed by atoms with Gasteiger partial charge in [0.1, 0.15) is 5.82 Å². The van der Waals surface area contributed by atoms with E-state index >= 15 is 0 Å². The van der Waals surface area contributed by atoms with Gasteiger partial charge in [-0.3, -0.25) is 0 Å². The van der Waals surface area contributed by atoms with Crippen LogP contribution in [0, 0.1) is 11.7 Å². The molecule has 2 rings (SSSR count). The Morgan fingerprint density at radius 3 is 2.47 bits per heavy atom. The normalized spacial score (nSPS) is 24.3. The van der Waals surface area contributed by atoms with Crippen molar-refractivity contribution in [1.82, 2.24) is 0 Å². The summed E-state index contributed by atoms with van der Waals surface area (Å²) in [4.78, 5) is 0. The molecule has 5 heteroatoms. The van der Waals surface area contributed by atoms with Gasteiger partial charge in [-0.05, 0) is 19.4 Å². The molecule has 1 fully saturated rings. The van der Waals surface area contributed by atoms with Crippen LogP contribution >= 0.6 is 0 Å². The Morgan fingerprint density at radius 1 is 1.32 bits per heavy atom. The Bertz CT molecular complexity index is 449. The van der Waals surface area contributed by atoms with Crippen LogP contribution in [0.1, 0.15) is 25.0 Å². The molecule has 19 heavy (non-hydrogen) atoms. The highest BCUT2D eigenvalue weighted by Gasteiger charge is 2.33. The topological polar surface area (TPSA) is 47.9 Å². The summed E-state index contributed by atoms with van der Waals surface area (Å²) in [6.45, 7) is 2.48. The third-order valence-corrected chi connectivity index (χ3v) is 3.66. The van der Waals surface area contributed by atoms with E-state index in [4.69, 9.17) is 14.2 Å². The first-order valence-corrected chi connectivity index (χ1v) is 6.29. The van der Waals surface area contributed by atoms with Crippen molar-refractivity contribution in [3.63, 3.8) is 0 Å². The van der Waals surface area contributed by atoms with Crippen molar-refractivity contribution in [3.8, 4) is 11.5 Å². The molecule has 1 aliphatic rings. The summed E-state index contributed by atoms with van der Waals surface area (Å²) < 4.78 is 29.6. The molecule has 0 bridgehead atoms. The molecule has 3 unspecified atom stereocenters. The predicted octanol–water partition coefficient (Wildman–Crippen LogP) is 2.30. The zero-order valence-corrected chi connectivity index (χ0v) is 11.4. The zero-order chi connectivity index (χ0) is 14.0. The molecule has 0 saturated carbocycles. The lowest BCUT2D eigenvalue weighted by Crippen LogP contribution is -2.20. The van der Waals surface area contributed by atoms with Crippen molar-refractivity contribution in [3.05, 3.63) is 23.5 Å². The second kappa shape index (κ2) is 5.75. The molecule has 0 radical (unpaired) electrons. The average molecular weight is 270 g/mol. The van der Waals surface area contributed by atoms with Crippen LogP contribution in [-0.4, -0.2) is 32.0 Å². The zero-order valence-electron chi connectivity index (χ0n) is 11.4. The molecule has 1 aliphatic heterocycles. The molecule has 0 aliphatic carbocycles. The van der Waals surface area contributed by atoms with Gasteiger partial charge in [-0.25, -0.2) is 4.39 Å². The summed E-state index contributed by atoms with van der Waals surface area (Å²) in [6, 6.07) is 2.72. The van der Waals surface area contributed by atoms with Gasteiger partial charge >= 0.3 is 0 Å². The van der Waals surface area contributed by atoms with Gasteiger partial charge in [-0.2, -0.15) is 0 Å². The lowest BCUT2D eigenvalue weighted by Gasteiger charge is -2.22. The van der Waals surface area contributed by atoms with Crippen LogP contribution in [0.15, 0.2) is 12.1 Å². The SMILES string of the molecule is COc1cc(F)c(C(O)C2CCOC2C)cc1OC. The molecule has 1 aromatic rings. The molecule has 1 aromatic carbocycles. The maximum Gasteiger partial charge on any atom is 0.163 e. The third-order valence-electron chi connectivity index (χ3n) is 3.66. The lowest BCUT2D eigenvalue weighted by atomic mass is 9.90. The third kappa shape index (κ3) is 2.67. The van der Waals surface area contributed by atoms with E-state index in [1.54, 1.807) is 0 Å². The second-order valence-electron chi connectivity index (χ2n) is 4.70. The van der Waals surface area contributed by atoms with Gasteiger partial charge in [-0.15, -0.1) is 0 Å². The second-order valence-corrected chi connectivity index (χ2v) is 4.70. The van der Waals surface area contributed by atoms with Gasteiger partial charge in [0.15, 0.2) is 11.5 Å². The van der Waals surface area contributed by atoms with Crippen LogP contribution in [-0.2, 0) is 4.74 Å². The summed E-state index contributed by atoms with van der Waals surface area (Å²) in [6.07, 6.45) is -0.268. The lowest BCUT2D eigenvalue weighted by molar-refractivity contribution is 0.0413. The number of aliphatic hydroxyl groups excluding tert-OH is 1. The molecule has 106 valence electrons. The predicted molar refractivity (Wildman–Crippen MR) is 68.0 cm³/mol. The van der Waals surface area contributed by atoms with Gasteiger partial charge in [0.2, 0.25) is 0 Å². The molecule has 0 spiro atoms. The van der Waals surface area contributed by atoms with Crippen molar-refractivity contribution in [1.29, 1.82) is 0 Å². The fraction of sp³-hybridized carbons (Fsp3) is 0.571. The Hall–Kier alpha value is -1.33.